The summed E-state index contributed by atoms with van der Waals surface area (Å²) in [7, 11) is 0. The Morgan fingerprint density at radius 3 is 2.67 bits per heavy atom. The number of aryl methyl sites for hydroxylation is 1. The topological polar surface area (TPSA) is 76.7 Å². The van der Waals surface area contributed by atoms with Gasteiger partial charge in [0.2, 0.25) is 0 Å². The second-order valence-electron chi connectivity index (χ2n) is 9.56. The van der Waals surface area contributed by atoms with Crippen LogP contribution in [-0.4, -0.2) is 53.5 Å². The molecule has 0 spiro atoms. The van der Waals surface area contributed by atoms with Crippen molar-refractivity contribution in [2.24, 2.45) is 0 Å². The van der Waals surface area contributed by atoms with E-state index in [9.17, 15) is 4.79 Å². The van der Waals surface area contributed by atoms with Crippen molar-refractivity contribution >= 4 is 5.91 Å². The highest BCUT2D eigenvalue weighted by molar-refractivity contribution is 6.00. The third-order valence-electron chi connectivity index (χ3n) is 6.95. The van der Waals surface area contributed by atoms with Gasteiger partial charge in [0, 0.05) is 24.3 Å². The van der Waals surface area contributed by atoms with Crippen molar-refractivity contribution in [2.75, 3.05) is 26.4 Å². The smallest absolute Gasteiger partial charge is 0.273 e. The first kappa shape index (κ1) is 24.4. The number of amides is 1. The van der Waals surface area contributed by atoms with Gasteiger partial charge in [-0.1, -0.05) is 49.2 Å². The van der Waals surface area contributed by atoms with Crippen LogP contribution in [0.15, 0.2) is 42.5 Å². The molecular formula is C29H35N3O4. The molecule has 1 saturated heterocycles. The van der Waals surface area contributed by atoms with E-state index >= 15 is 0 Å². The first-order chi connectivity index (χ1) is 17.6. The molecule has 1 aromatic heterocycles. The van der Waals surface area contributed by atoms with Gasteiger partial charge in [-0.25, -0.2) is 0 Å². The van der Waals surface area contributed by atoms with Crippen molar-refractivity contribution in [3.63, 3.8) is 0 Å². The van der Waals surface area contributed by atoms with Crippen LogP contribution in [0.2, 0.25) is 0 Å². The Morgan fingerprint density at radius 1 is 1.11 bits per heavy atom. The molecule has 1 fully saturated rings. The maximum Gasteiger partial charge on any atom is 0.273 e. The Bertz CT molecular complexity index is 1200. The highest BCUT2D eigenvalue weighted by Crippen LogP contribution is 2.45. The lowest BCUT2D eigenvalue weighted by Crippen LogP contribution is -2.36. The predicted molar refractivity (Wildman–Crippen MR) is 139 cm³/mol. The molecule has 2 unspecified atom stereocenters. The summed E-state index contributed by atoms with van der Waals surface area (Å²) in [6.07, 6.45) is 4.08. The first-order valence-corrected chi connectivity index (χ1v) is 13.1. The van der Waals surface area contributed by atoms with Crippen LogP contribution >= 0.6 is 0 Å². The minimum absolute atomic E-state index is 0.0410. The van der Waals surface area contributed by atoms with E-state index in [0.717, 1.165) is 60.4 Å². The molecule has 5 rings (SSSR count). The van der Waals surface area contributed by atoms with Crippen LogP contribution in [0, 0.1) is 6.92 Å². The Balaban J connectivity index is 1.57. The molecule has 0 bridgehead atoms. The molecule has 0 saturated carbocycles. The number of nitrogens with one attached hydrogen (secondary N) is 1. The van der Waals surface area contributed by atoms with E-state index in [2.05, 4.69) is 48.3 Å². The Hall–Kier alpha value is -3.32. The normalized spacial score (nSPS) is 19.1. The molecule has 2 aliphatic rings. The molecule has 3 heterocycles. The third kappa shape index (κ3) is 4.72. The van der Waals surface area contributed by atoms with Crippen molar-refractivity contribution in [3.8, 4) is 22.8 Å². The summed E-state index contributed by atoms with van der Waals surface area (Å²) in [5, 5.41) is 7.65. The maximum absolute atomic E-state index is 13.7. The largest absolute Gasteiger partial charge is 0.490 e. The molecule has 0 radical (unpaired) electrons. The molecule has 2 aliphatic heterocycles. The van der Waals surface area contributed by atoms with Crippen LogP contribution in [0.4, 0.5) is 0 Å². The molecule has 190 valence electrons. The van der Waals surface area contributed by atoms with Gasteiger partial charge in [-0.05, 0) is 50.8 Å². The fraction of sp³-hybridized carbons (Fsp3) is 0.448. The second-order valence-corrected chi connectivity index (χ2v) is 9.56. The summed E-state index contributed by atoms with van der Waals surface area (Å²) in [5.74, 6) is 1.39. The minimum atomic E-state index is -0.296. The second kappa shape index (κ2) is 10.7. The molecule has 2 aromatic carbocycles. The number of carbonyl (C=O) groups excluding carboxylic acids is 1. The zero-order chi connectivity index (χ0) is 25.1. The number of H-pyrrole nitrogens is 1. The van der Waals surface area contributed by atoms with Crippen molar-refractivity contribution < 1.29 is 19.0 Å². The SMILES string of the molecule is CCCCOc1ccc(C2c3c(-c4ccc(C)cc4)n[nH]c3C(=O)N2CC2CCCO2)cc1OCC. The Labute approximate surface area is 212 Å². The van der Waals surface area contributed by atoms with E-state index in [0.29, 0.717) is 31.2 Å². The van der Waals surface area contributed by atoms with E-state index in [1.54, 1.807) is 0 Å². The summed E-state index contributed by atoms with van der Waals surface area (Å²) in [4.78, 5) is 15.6. The van der Waals surface area contributed by atoms with E-state index in [4.69, 9.17) is 14.2 Å². The number of benzene rings is 2. The summed E-state index contributed by atoms with van der Waals surface area (Å²) in [6.45, 7) is 8.64. The van der Waals surface area contributed by atoms with Gasteiger partial charge in [-0.2, -0.15) is 5.10 Å². The number of carbonyl (C=O) groups is 1. The number of fused-ring (bicyclic) bond motifs is 1. The molecule has 7 nitrogen and oxygen atoms in total. The number of unbranched alkanes of at least 4 members (excludes halogenated alkanes) is 1. The van der Waals surface area contributed by atoms with Crippen molar-refractivity contribution in [2.45, 2.75) is 58.6 Å². The zero-order valence-corrected chi connectivity index (χ0v) is 21.4. The summed E-state index contributed by atoms with van der Waals surface area (Å²) in [6, 6.07) is 14.0. The van der Waals surface area contributed by atoms with E-state index in [1.807, 2.05) is 30.0 Å². The van der Waals surface area contributed by atoms with Crippen LogP contribution < -0.4 is 9.47 Å². The minimum Gasteiger partial charge on any atom is -0.490 e. The fourth-order valence-electron chi connectivity index (χ4n) is 5.08. The lowest BCUT2D eigenvalue weighted by molar-refractivity contribution is 0.0495. The summed E-state index contributed by atoms with van der Waals surface area (Å²) < 4.78 is 17.9. The molecule has 0 aliphatic carbocycles. The van der Waals surface area contributed by atoms with Crippen molar-refractivity contribution in [1.82, 2.24) is 15.1 Å². The fourth-order valence-corrected chi connectivity index (χ4v) is 5.08. The van der Waals surface area contributed by atoms with Crippen LogP contribution in [0.1, 0.15) is 72.8 Å². The van der Waals surface area contributed by atoms with Gasteiger partial charge in [0.05, 0.1) is 31.1 Å². The van der Waals surface area contributed by atoms with E-state index < -0.39 is 0 Å². The van der Waals surface area contributed by atoms with E-state index in [1.165, 1.54) is 5.56 Å². The molecule has 2 atom stereocenters. The molecular weight excluding hydrogens is 454 g/mol. The first-order valence-electron chi connectivity index (χ1n) is 13.1. The molecule has 1 amide bonds. The monoisotopic (exact) mass is 489 g/mol. The standard InChI is InChI=1S/C29H35N3O4/c1-4-6-15-36-23-14-13-21(17-24(23)34-5-2)28-25-26(20-11-9-19(3)10-12-20)30-31-27(25)29(33)32(28)18-22-8-7-16-35-22/h9-14,17,22,28H,4-8,15-16,18H2,1-3H3,(H,30,31). The quantitative estimate of drug-likeness (QED) is 0.371. The zero-order valence-electron chi connectivity index (χ0n) is 21.4. The average molecular weight is 490 g/mol. The van der Waals surface area contributed by atoms with Gasteiger partial charge >= 0.3 is 0 Å². The molecule has 7 heteroatoms. The van der Waals surface area contributed by atoms with Crippen LogP contribution in [0.3, 0.4) is 0 Å². The van der Waals surface area contributed by atoms with Crippen LogP contribution in [-0.2, 0) is 4.74 Å². The van der Waals surface area contributed by atoms with Crippen molar-refractivity contribution in [1.29, 1.82) is 0 Å². The highest BCUT2D eigenvalue weighted by Gasteiger charge is 2.43. The van der Waals surface area contributed by atoms with E-state index in [-0.39, 0.29) is 18.1 Å². The molecule has 1 N–H and O–H groups in total. The summed E-state index contributed by atoms with van der Waals surface area (Å²) in [5.41, 5.74) is 5.40. The number of aromatic nitrogens is 2. The number of nitrogens with zero attached hydrogens (tertiary/aromatic N) is 2. The molecule has 3 aromatic rings. The lowest BCUT2D eigenvalue weighted by atomic mass is 9.95. The number of ether oxygens (including phenoxy) is 3. The molecule has 36 heavy (non-hydrogen) atoms. The maximum atomic E-state index is 13.7. The van der Waals surface area contributed by atoms with Crippen LogP contribution in [0.5, 0.6) is 11.5 Å². The van der Waals surface area contributed by atoms with Gasteiger partial charge in [0.1, 0.15) is 5.69 Å². The predicted octanol–water partition coefficient (Wildman–Crippen LogP) is 5.69. The van der Waals surface area contributed by atoms with Crippen LogP contribution in [0.25, 0.3) is 11.3 Å². The highest BCUT2D eigenvalue weighted by atomic mass is 16.5. The lowest BCUT2D eigenvalue weighted by Gasteiger charge is -2.29. The average Bonchev–Trinajstić information content (AvgIpc) is 3.61. The Morgan fingerprint density at radius 2 is 1.94 bits per heavy atom. The Kier molecular flexibility index (Phi) is 7.28. The van der Waals surface area contributed by atoms with Gasteiger partial charge in [-0.3, -0.25) is 9.89 Å². The summed E-state index contributed by atoms with van der Waals surface area (Å²) >= 11 is 0. The number of aromatic amines is 1. The van der Waals surface area contributed by atoms with Gasteiger partial charge in [-0.15, -0.1) is 0 Å². The third-order valence-corrected chi connectivity index (χ3v) is 6.95. The van der Waals surface area contributed by atoms with Crippen molar-refractivity contribution in [3.05, 3.63) is 64.8 Å². The number of rotatable bonds is 10. The number of hydrogen-bond donors (Lipinski definition) is 1. The number of hydrogen-bond acceptors (Lipinski definition) is 5. The van der Waals surface area contributed by atoms with Gasteiger partial charge in [0.25, 0.3) is 5.91 Å². The van der Waals surface area contributed by atoms with Gasteiger partial charge < -0.3 is 19.1 Å². The van der Waals surface area contributed by atoms with Gasteiger partial charge in [0.15, 0.2) is 11.5 Å².